The van der Waals surface area contributed by atoms with Gasteiger partial charge in [0.1, 0.15) is 5.82 Å². The predicted octanol–water partition coefficient (Wildman–Crippen LogP) is 1.01. The van der Waals surface area contributed by atoms with Crippen molar-refractivity contribution in [1.29, 1.82) is 0 Å². The van der Waals surface area contributed by atoms with Crippen LogP contribution in [0.25, 0.3) is 0 Å². The Kier molecular flexibility index (Phi) is 8.34. The highest BCUT2D eigenvalue weighted by molar-refractivity contribution is 5.79. The quantitative estimate of drug-likeness (QED) is 0.420. The number of nitrogens with one attached hydrogen (secondary N) is 2. The molecule has 0 spiro atoms. The van der Waals surface area contributed by atoms with E-state index in [1.54, 1.807) is 7.11 Å². The van der Waals surface area contributed by atoms with E-state index in [-0.39, 0.29) is 0 Å². The summed E-state index contributed by atoms with van der Waals surface area (Å²) in [5, 5.41) is 6.60. The van der Waals surface area contributed by atoms with Crippen molar-refractivity contribution >= 4 is 11.8 Å². The first-order chi connectivity index (χ1) is 11.8. The molecule has 2 heterocycles. The number of hydrogen-bond donors (Lipinski definition) is 2. The number of methoxy groups -OCH3 is 1. The highest BCUT2D eigenvalue weighted by atomic mass is 16.5. The van der Waals surface area contributed by atoms with Gasteiger partial charge >= 0.3 is 0 Å². The Morgan fingerprint density at radius 3 is 2.96 bits per heavy atom. The van der Waals surface area contributed by atoms with Gasteiger partial charge in [-0.1, -0.05) is 6.07 Å². The van der Waals surface area contributed by atoms with E-state index in [9.17, 15) is 0 Å². The normalized spacial score (nSPS) is 15.4. The van der Waals surface area contributed by atoms with E-state index in [2.05, 4.69) is 33.5 Å². The highest BCUT2D eigenvalue weighted by Gasteiger charge is 2.15. The lowest BCUT2D eigenvalue weighted by atomic mass is 10.2. The van der Waals surface area contributed by atoms with E-state index in [0.717, 1.165) is 69.8 Å². The second-order valence-corrected chi connectivity index (χ2v) is 5.55. The maximum Gasteiger partial charge on any atom is 0.191 e. The van der Waals surface area contributed by atoms with Gasteiger partial charge in [-0.3, -0.25) is 0 Å². The summed E-state index contributed by atoms with van der Waals surface area (Å²) in [5.74, 6) is 1.84. The molecule has 1 aromatic rings. The molecule has 1 aliphatic heterocycles. The monoisotopic (exact) mass is 335 g/mol. The fourth-order valence-corrected chi connectivity index (χ4v) is 2.54. The SMILES string of the molecule is CCNC(=NCc1cccnc1N1CCOCC1)NCCCOC. The lowest BCUT2D eigenvalue weighted by molar-refractivity contribution is 0.122. The summed E-state index contributed by atoms with van der Waals surface area (Å²) in [6.45, 7) is 8.34. The van der Waals surface area contributed by atoms with Gasteiger partial charge in [-0.25, -0.2) is 9.98 Å². The van der Waals surface area contributed by atoms with Gasteiger partial charge in [-0.15, -0.1) is 0 Å². The highest BCUT2D eigenvalue weighted by Crippen LogP contribution is 2.19. The zero-order valence-electron chi connectivity index (χ0n) is 14.8. The largest absolute Gasteiger partial charge is 0.385 e. The summed E-state index contributed by atoms with van der Waals surface area (Å²) in [7, 11) is 1.72. The molecule has 134 valence electrons. The summed E-state index contributed by atoms with van der Waals surface area (Å²) in [5.41, 5.74) is 1.13. The third kappa shape index (κ3) is 5.98. The molecule has 0 atom stereocenters. The van der Waals surface area contributed by atoms with Crippen molar-refractivity contribution in [2.45, 2.75) is 19.9 Å². The molecule has 1 saturated heterocycles. The molecule has 0 aromatic carbocycles. The number of ether oxygens (including phenoxy) is 2. The molecule has 1 aliphatic rings. The van der Waals surface area contributed by atoms with Gasteiger partial charge in [0.2, 0.25) is 0 Å². The molecule has 0 saturated carbocycles. The first kappa shape index (κ1) is 18.5. The Hall–Kier alpha value is -1.86. The molecule has 2 N–H and O–H groups in total. The van der Waals surface area contributed by atoms with Crippen LogP contribution in [0.15, 0.2) is 23.3 Å². The van der Waals surface area contributed by atoms with Crippen molar-refractivity contribution in [2.24, 2.45) is 4.99 Å². The molecule has 0 aliphatic carbocycles. The minimum absolute atomic E-state index is 0.597. The van der Waals surface area contributed by atoms with E-state index in [1.807, 2.05) is 12.3 Å². The van der Waals surface area contributed by atoms with Crippen LogP contribution in [0.1, 0.15) is 18.9 Å². The molecule has 7 heteroatoms. The van der Waals surface area contributed by atoms with Crippen LogP contribution in [-0.2, 0) is 16.0 Å². The van der Waals surface area contributed by atoms with Crippen LogP contribution in [0, 0.1) is 0 Å². The standard InChI is InChI=1S/C17H29N5O2/c1-3-18-17(20-8-5-11-23-2)21-14-15-6-4-7-19-16(15)22-9-12-24-13-10-22/h4,6-7H,3,5,8-14H2,1-2H3,(H2,18,20,21). The van der Waals surface area contributed by atoms with Crippen molar-refractivity contribution in [3.63, 3.8) is 0 Å². The van der Waals surface area contributed by atoms with Crippen LogP contribution >= 0.6 is 0 Å². The van der Waals surface area contributed by atoms with E-state index < -0.39 is 0 Å². The van der Waals surface area contributed by atoms with Crippen molar-refractivity contribution < 1.29 is 9.47 Å². The van der Waals surface area contributed by atoms with Crippen LogP contribution in [-0.4, -0.2) is 64.1 Å². The Balaban J connectivity index is 1.99. The van der Waals surface area contributed by atoms with Gasteiger partial charge < -0.3 is 25.0 Å². The number of nitrogens with zero attached hydrogens (tertiary/aromatic N) is 3. The van der Waals surface area contributed by atoms with Gasteiger partial charge in [0, 0.05) is 51.7 Å². The summed E-state index contributed by atoms with van der Waals surface area (Å²) in [6.07, 6.45) is 2.79. The number of pyridine rings is 1. The van der Waals surface area contributed by atoms with Crippen LogP contribution in [0.5, 0.6) is 0 Å². The zero-order chi connectivity index (χ0) is 17.0. The Labute approximate surface area is 144 Å². The first-order valence-corrected chi connectivity index (χ1v) is 8.63. The summed E-state index contributed by atoms with van der Waals surface area (Å²) >= 11 is 0. The molecular formula is C17H29N5O2. The summed E-state index contributed by atoms with van der Waals surface area (Å²) in [6, 6.07) is 4.06. The molecule has 0 unspecified atom stereocenters. The molecule has 0 bridgehead atoms. The fourth-order valence-electron chi connectivity index (χ4n) is 2.54. The summed E-state index contributed by atoms with van der Waals surface area (Å²) < 4.78 is 10.5. The molecule has 0 amide bonds. The number of anilines is 1. The van der Waals surface area contributed by atoms with Crippen LogP contribution in [0.2, 0.25) is 0 Å². The number of morpholine rings is 1. The second kappa shape index (κ2) is 10.8. The number of aromatic nitrogens is 1. The van der Waals surface area contributed by atoms with E-state index in [1.165, 1.54) is 0 Å². The minimum Gasteiger partial charge on any atom is -0.385 e. The second-order valence-electron chi connectivity index (χ2n) is 5.55. The fraction of sp³-hybridized carbons (Fsp3) is 0.647. The lowest BCUT2D eigenvalue weighted by Crippen LogP contribution is -2.38. The summed E-state index contributed by atoms with van der Waals surface area (Å²) in [4.78, 5) is 11.5. The van der Waals surface area contributed by atoms with E-state index >= 15 is 0 Å². The average Bonchev–Trinajstić information content (AvgIpc) is 2.64. The van der Waals surface area contributed by atoms with Gasteiger partial charge in [0.25, 0.3) is 0 Å². The van der Waals surface area contributed by atoms with Crippen molar-refractivity contribution in [3.8, 4) is 0 Å². The van der Waals surface area contributed by atoms with Crippen molar-refractivity contribution in [3.05, 3.63) is 23.9 Å². The Morgan fingerprint density at radius 2 is 2.21 bits per heavy atom. The third-order valence-corrected chi connectivity index (χ3v) is 3.75. The third-order valence-electron chi connectivity index (χ3n) is 3.75. The van der Waals surface area contributed by atoms with E-state index in [4.69, 9.17) is 14.5 Å². The number of rotatable bonds is 8. The van der Waals surface area contributed by atoms with Gasteiger partial charge in [-0.05, 0) is 19.4 Å². The van der Waals surface area contributed by atoms with Crippen molar-refractivity contribution in [1.82, 2.24) is 15.6 Å². The molecule has 0 radical (unpaired) electrons. The van der Waals surface area contributed by atoms with Crippen LogP contribution < -0.4 is 15.5 Å². The van der Waals surface area contributed by atoms with E-state index in [0.29, 0.717) is 6.54 Å². The molecule has 1 fully saturated rings. The molecule has 24 heavy (non-hydrogen) atoms. The van der Waals surface area contributed by atoms with Crippen molar-refractivity contribution in [2.75, 3.05) is 58.0 Å². The Morgan fingerprint density at radius 1 is 1.38 bits per heavy atom. The predicted molar refractivity (Wildman–Crippen MR) is 96.6 cm³/mol. The zero-order valence-corrected chi connectivity index (χ0v) is 14.8. The maximum absolute atomic E-state index is 5.43. The molecular weight excluding hydrogens is 306 g/mol. The van der Waals surface area contributed by atoms with Gasteiger partial charge in [0.15, 0.2) is 5.96 Å². The number of guanidine groups is 1. The molecule has 7 nitrogen and oxygen atoms in total. The first-order valence-electron chi connectivity index (χ1n) is 8.63. The smallest absolute Gasteiger partial charge is 0.191 e. The molecule has 1 aromatic heterocycles. The topological polar surface area (TPSA) is 71.0 Å². The van der Waals surface area contributed by atoms with Crippen LogP contribution in [0.3, 0.4) is 0 Å². The average molecular weight is 335 g/mol. The van der Waals surface area contributed by atoms with Gasteiger partial charge in [0.05, 0.1) is 19.8 Å². The van der Waals surface area contributed by atoms with Gasteiger partial charge in [-0.2, -0.15) is 0 Å². The van der Waals surface area contributed by atoms with Crippen LogP contribution in [0.4, 0.5) is 5.82 Å². The maximum atomic E-state index is 5.43. The lowest BCUT2D eigenvalue weighted by Gasteiger charge is -2.29. The number of hydrogen-bond acceptors (Lipinski definition) is 5. The number of aliphatic imine (C=N–C) groups is 1. The minimum atomic E-state index is 0.597. The molecule has 2 rings (SSSR count). The Bertz CT molecular complexity index is 504.